The molecule has 0 saturated carbocycles. The van der Waals surface area contributed by atoms with Gasteiger partial charge in [-0.3, -0.25) is 9.46 Å². The first-order valence-electron chi connectivity index (χ1n) is 8.57. The summed E-state index contributed by atoms with van der Waals surface area (Å²) in [6.07, 6.45) is 3.18. The van der Waals surface area contributed by atoms with Crippen LogP contribution in [0.5, 0.6) is 0 Å². The molecule has 0 radical (unpaired) electrons. The van der Waals surface area contributed by atoms with Gasteiger partial charge in [0.2, 0.25) is 0 Å². The van der Waals surface area contributed by atoms with E-state index in [9.17, 15) is 18.2 Å². The molecule has 1 aromatic rings. The van der Waals surface area contributed by atoms with E-state index in [1.165, 1.54) is 19.4 Å². The highest BCUT2D eigenvalue weighted by Gasteiger charge is 2.54. The van der Waals surface area contributed by atoms with Gasteiger partial charge in [0.15, 0.2) is 0 Å². The Balaban J connectivity index is 2.19. The van der Waals surface area contributed by atoms with Gasteiger partial charge >= 0.3 is 13.3 Å². The van der Waals surface area contributed by atoms with E-state index in [1.807, 2.05) is 0 Å². The Morgan fingerprint density at radius 1 is 1.36 bits per heavy atom. The number of alkyl halides is 2. The van der Waals surface area contributed by atoms with Crippen molar-refractivity contribution in [3.05, 3.63) is 33.8 Å². The highest BCUT2D eigenvalue weighted by atomic mass is 79.9. The summed E-state index contributed by atoms with van der Waals surface area (Å²) in [5.74, 6) is 0. The van der Waals surface area contributed by atoms with Crippen LogP contribution in [-0.2, 0) is 21.3 Å². The molecular formula is C17H25BrF2NO3P. The van der Waals surface area contributed by atoms with Crippen LogP contribution in [0.4, 0.5) is 8.78 Å². The molecule has 0 amide bonds. The molecule has 1 N–H and O–H groups in total. The maximum atomic E-state index is 14.6. The second kappa shape index (κ2) is 8.57. The van der Waals surface area contributed by atoms with Gasteiger partial charge in [-0.2, -0.15) is 8.78 Å². The number of piperidine rings is 1. The molecule has 1 aromatic carbocycles. The summed E-state index contributed by atoms with van der Waals surface area (Å²) in [7, 11) is -5.14. The molecule has 2 atom stereocenters. The van der Waals surface area contributed by atoms with Crippen molar-refractivity contribution >= 4 is 23.5 Å². The SMILES string of the molecule is CCC(C)OP(=O)(O)C(F)(F)c1ccc(CN2CCCCC2)cc1Br. The fourth-order valence-corrected chi connectivity index (χ4v) is 4.91. The molecule has 1 aliphatic heterocycles. The van der Waals surface area contributed by atoms with E-state index in [-0.39, 0.29) is 4.47 Å². The summed E-state index contributed by atoms with van der Waals surface area (Å²) in [5.41, 5.74) is -3.60. The lowest BCUT2D eigenvalue weighted by molar-refractivity contribution is 0.0341. The summed E-state index contributed by atoms with van der Waals surface area (Å²) in [4.78, 5) is 12.1. The summed E-state index contributed by atoms with van der Waals surface area (Å²) in [6, 6.07) is 4.40. The first-order valence-corrected chi connectivity index (χ1v) is 10.9. The molecule has 0 spiro atoms. The molecule has 2 rings (SSSR count). The number of halogens is 3. The third-order valence-electron chi connectivity index (χ3n) is 4.47. The summed E-state index contributed by atoms with van der Waals surface area (Å²) < 4.78 is 46.2. The number of rotatable bonds is 7. The largest absolute Gasteiger partial charge is 0.402 e. The van der Waals surface area contributed by atoms with Gasteiger partial charge in [-0.1, -0.05) is 41.4 Å². The van der Waals surface area contributed by atoms with Gasteiger partial charge in [-0.05, 0) is 50.9 Å². The quantitative estimate of drug-likeness (QED) is 0.571. The van der Waals surface area contributed by atoms with Crippen molar-refractivity contribution in [2.24, 2.45) is 0 Å². The maximum Gasteiger partial charge on any atom is 0.402 e. The van der Waals surface area contributed by atoms with Gasteiger partial charge in [0.1, 0.15) is 0 Å². The van der Waals surface area contributed by atoms with Crippen LogP contribution in [0.2, 0.25) is 0 Å². The zero-order valence-corrected chi connectivity index (χ0v) is 17.0. The average molecular weight is 440 g/mol. The van der Waals surface area contributed by atoms with Gasteiger partial charge < -0.3 is 9.42 Å². The monoisotopic (exact) mass is 439 g/mol. The first kappa shape index (κ1) is 21.0. The highest BCUT2D eigenvalue weighted by Crippen LogP contribution is 2.64. The lowest BCUT2D eigenvalue weighted by Gasteiger charge is -2.27. The van der Waals surface area contributed by atoms with E-state index in [0.29, 0.717) is 13.0 Å². The predicted molar refractivity (Wildman–Crippen MR) is 97.8 cm³/mol. The molecule has 1 aliphatic rings. The van der Waals surface area contributed by atoms with E-state index in [0.717, 1.165) is 31.5 Å². The Labute approximate surface area is 156 Å². The third kappa shape index (κ3) is 5.10. The van der Waals surface area contributed by atoms with E-state index in [1.54, 1.807) is 19.1 Å². The van der Waals surface area contributed by atoms with E-state index < -0.39 is 24.9 Å². The standard InChI is InChI=1S/C17H25BrF2NO3P/c1-3-13(2)24-25(22,23)17(19,20)15-8-7-14(11-16(15)18)12-21-9-5-4-6-10-21/h7-8,11,13H,3-6,9-10,12H2,1-2H3,(H,22,23). The van der Waals surface area contributed by atoms with Crippen LogP contribution < -0.4 is 0 Å². The van der Waals surface area contributed by atoms with Crippen LogP contribution in [-0.4, -0.2) is 29.0 Å². The van der Waals surface area contributed by atoms with Gasteiger partial charge in [-0.25, -0.2) is 0 Å². The molecule has 142 valence electrons. The normalized spacial score (nSPS) is 20.2. The van der Waals surface area contributed by atoms with Crippen molar-refractivity contribution < 1.29 is 22.8 Å². The lowest BCUT2D eigenvalue weighted by Crippen LogP contribution is -2.29. The van der Waals surface area contributed by atoms with Crippen molar-refractivity contribution in [2.75, 3.05) is 13.1 Å². The van der Waals surface area contributed by atoms with Crippen molar-refractivity contribution in [3.63, 3.8) is 0 Å². The third-order valence-corrected chi connectivity index (χ3v) is 6.72. The van der Waals surface area contributed by atoms with Gasteiger partial charge in [0.05, 0.1) is 6.10 Å². The molecular weight excluding hydrogens is 415 g/mol. The van der Waals surface area contributed by atoms with Crippen molar-refractivity contribution in [3.8, 4) is 0 Å². The van der Waals surface area contributed by atoms with Crippen molar-refractivity contribution in [1.29, 1.82) is 0 Å². The van der Waals surface area contributed by atoms with Crippen molar-refractivity contribution in [1.82, 2.24) is 4.90 Å². The molecule has 1 saturated heterocycles. The summed E-state index contributed by atoms with van der Waals surface area (Å²) in [5, 5.41) is 0. The van der Waals surface area contributed by atoms with Crippen LogP contribution >= 0.6 is 23.5 Å². The van der Waals surface area contributed by atoms with Crippen molar-refractivity contribution in [2.45, 2.75) is 57.8 Å². The Morgan fingerprint density at radius 2 is 2.00 bits per heavy atom. The molecule has 0 aromatic heterocycles. The molecule has 0 aliphatic carbocycles. The minimum absolute atomic E-state index is 0.119. The Morgan fingerprint density at radius 3 is 2.56 bits per heavy atom. The lowest BCUT2D eigenvalue weighted by atomic mass is 10.1. The van der Waals surface area contributed by atoms with Crippen LogP contribution in [0.25, 0.3) is 0 Å². The van der Waals surface area contributed by atoms with Crippen LogP contribution in [0.3, 0.4) is 0 Å². The highest BCUT2D eigenvalue weighted by molar-refractivity contribution is 9.10. The molecule has 25 heavy (non-hydrogen) atoms. The predicted octanol–water partition coefficient (Wildman–Crippen LogP) is 5.48. The van der Waals surface area contributed by atoms with Gasteiger partial charge in [0.25, 0.3) is 0 Å². The molecule has 2 unspecified atom stereocenters. The Hall–Kier alpha value is -0.330. The minimum Gasteiger partial charge on any atom is -0.320 e. The number of benzene rings is 1. The molecule has 1 fully saturated rings. The maximum absolute atomic E-state index is 14.6. The topological polar surface area (TPSA) is 49.8 Å². The number of hydrogen-bond donors (Lipinski definition) is 1. The summed E-state index contributed by atoms with van der Waals surface area (Å²) >= 11 is 3.14. The number of hydrogen-bond acceptors (Lipinski definition) is 3. The second-order valence-electron chi connectivity index (χ2n) is 6.54. The van der Waals surface area contributed by atoms with Gasteiger partial charge in [-0.15, -0.1) is 0 Å². The smallest absolute Gasteiger partial charge is 0.320 e. The number of likely N-dealkylation sites (tertiary alicyclic amines) is 1. The van der Waals surface area contributed by atoms with Crippen LogP contribution in [0, 0.1) is 0 Å². The number of nitrogens with zero attached hydrogens (tertiary/aromatic N) is 1. The zero-order chi connectivity index (χ0) is 18.7. The van der Waals surface area contributed by atoms with Crippen LogP contribution in [0.15, 0.2) is 22.7 Å². The van der Waals surface area contributed by atoms with E-state index in [4.69, 9.17) is 4.52 Å². The van der Waals surface area contributed by atoms with Crippen LogP contribution in [0.1, 0.15) is 50.7 Å². The molecule has 8 heteroatoms. The first-order chi connectivity index (χ1) is 11.7. The van der Waals surface area contributed by atoms with E-state index in [2.05, 4.69) is 20.8 Å². The molecule has 1 heterocycles. The fraction of sp³-hybridized carbons (Fsp3) is 0.647. The fourth-order valence-electron chi connectivity index (χ4n) is 2.81. The second-order valence-corrected chi connectivity index (χ2v) is 9.20. The zero-order valence-electron chi connectivity index (χ0n) is 14.6. The van der Waals surface area contributed by atoms with Gasteiger partial charge in [0, 0.05) is 16.6 Å². The average Bonchev–Trinajstić information content (AvgIpc) is 2.55. The molecule has 4 nitrogen and oxygen atoms in total. The van der Waals surface area contributed by atoms with E-state index >= 15 is 0 Å². The summed E-state index contributed by atoms with van der Waals surface area (Å²) in [6.45, 7) is 5.89. The Bertz CT molecular complexity index is 638. The molecule has 0 bridgehead atoms. The minimum atomic E-state index is -5.14. The Kier molecular flexibility index (Phi) is 7.19.